The molecule has 9 nitrogen and oxygen atoms in total. The summed E-state index contributed by atoms with van der Waals surface area (Å²) >= 11 is 1.10. The Morgan fingerprint density at radius 3 is 2.57 bits per heavy atom. The lowest BCUT2D eigenvalue weighted by Crippen LogP contribution is -2.39. The largest absolute Gasteiger partial charge is 0.415 e. The molecule has 1 saturated carbocycles. The normalized spacial score (nSPS) is 17.1. The molecule has 1 aliphatic carbocycles. The number of piperidine rings is 1. The van der Waals surface area contributed by atoms with Crippen molar-refractivity contribution in [3.8, 4) is 22.6 Å². The Hall–Kier alpha value is -3.71. The van der Waals surface area contributed by atoms with Crippen molar-refractivity contribution in [3.05, 3.63) is 60.5 Å². The Labute approximate surface area is 245 Å². The zero-order valence-corrected chi connectivity index (χ0v) is 23.8. The van der Waals surface area contributed by atoms with E-state index in [4.69, 9.17) is 4.42 Å². The first kappa shape index (κ1) is 28.4. The summed E-state index contributed by atoms with van der Waals surface area (Å²) in [5.74, 6) is -0.749. The van der Waals surface area contributed by atoms with Crippen molar-refractivity contribution in [2.45, 2.75) is 55.3 Å². The van der Waals surface area contributed by atoms with E-state index in [1.165, 1.54) is 6.20 Å². The van der Waals surface area contributed by atoms with Crippen LogP contribution in [0.15, 0.2) is 58.2 Å². The van der Waals surface area contributed by atoms with Crippen molar-refractivity contribution < 1.29 is 22.4 Å². The number of anilines is 1. The topological polar surface area (TPSA) is 93.2 Å². The van der Waals surface area contributed by atoms with E-state index in [0.29, 0.717) is 31.5 Å². The van der Waals surface area contributed by atoms with E-state index in [1.807, 2.05) is 47.2 Å². The molecule has 1 saturated heterocycles. The number of thioether (sulfide) groups is 1. The average molecular weight is 598 g/mol. The van der Waals surface area contributed by atoms with Crippen molar-refractivity contribution in [1.82, 2.24) is 29.9 Å². The van der Waals surface area contributed by atoms with Crippen LogP contribution < -0.4 is 4.90 Å². The SMILES string of the molecule is CN(Cc1ccc(-c2nnc(C(F)F)o2)cn1)c1ccc(-c2cnn(C3CCN(CC4(F)CC4)CC3)c2)cc1SC=O. The highest BCUT2D eigenvalue weighted by molar-refractivity contribution is 8.12. The third-order valence-electron chi connectivity index (χ3n) is 7.81. The average Bonchev–Trinajstić information content (AvgIpc) is 3.36. The number of aromatic nitrogens is 5. The number of carbonyl (C=O) groups excluding carboxylic acids is 1. The lowest BCUT2D eigenvalue weighted by Gasteiger charge is -2.32. The van der Waals surface area contributed by atoms with E-state index in [0.717, 1.165) is 70.7 Å². The fourth-order valence-corrected chi connectivity index (χ4v) is 5.93. The van der Waals surface area contributed by atoms with Crippen LogP contribution in [-0.2, 0) is 11.3 Å². The van der Waals surface area contributed by atoms with Gasteiger partial charge in [0.1, 0.15) is 5.67 Å². The zero-order valence-electron chi connectivity index (χ0n) is 23.0. The number of carbonyl (C=O) groups is 1. The monoisotopic (exact) mass is 597 g/mol. The maximum Gasteiger partial charge on any atom is 0.314 e. The molecular weight excluding hydrogens is 567 g/mol. The second-order valence-electron chi connectivity index (χ2n) is 10.9. The van der Waals surface area contributed by atoms with Crippen molar-refractivity contribution >= 4 is 23.1 Å². The quantitative estimate of drug-likeness (QED) is 0.153. The molecular formula is C29H30F3N7O2S. The third-order valence-corrected chi connectivity index (χ3v) is 8.49. The highest BCUT2D eigenvalue weighted by Gasteiger charge is 2.44. The number of benzene rings is 1. The maximum absolute atomic E-state index is 14.1. The molecule has 0 unspecified atom stereocenters. The maximum atomic E-state index is 14.1. The molecule has 2 aliphatic rings. The van der Waals surface area contributed by atoms with Crippen LogP contribution in [0.25, 0.3) is 22.6 Å². The molecule has 4 heterocycles. The molecule has 0 bridgehead atoms. The summed E-state index contributed by atoms with van der Waals surface area (Å²) in [6, 6.07) is 9.70. The number of rotatable bonds is 11. The van der Waals surface area contributed by atoms with Crippen LogP contribution in [-0.4, -0.2) is 67.8 Å². The summed E-state index contributed by atoms with van der Waals surface area (Å²) in [6.07, 6.45) is 5.82. The number of nitrogens with zero attached hydrogens (tertiary/aromatic N) is 7. The van der Waals surface area contributed by atoms with Gasteiger partial charge in [0.25, 0.3) is 5.89 Å². The van der Waals surface area contributed by atoms with Crippen molar-refractivity contribution in [2.75, 3.05) is 31.6 Å². The predicted molar refractivity (Wildman–Crippen MR) is 153 cm³/mol. The van der Waals surface area contributed by atoms with Gasteiger partial charge in [0.05, 0.1) is 35.7 Å². The molecule has 13 heteroatoms. The second kappa shape index (κ2) is 11.9. The summed E-state index contributed by atoms with van der Waals surface area (Å²) in [5, 5.41) is 11.6. The van der Waals surface area contributed by atoms with E-state index in [2.05, 4.69) is 25.2 Å². The zero-order chi connectivity index (χ0) is 29.3. The molecule has 1 aliphatic heterocycles. The molecule has 220 valence electrons. The van der Waals surface area contributed by atoms with Gasteiger partial charge in [-0.3, -0.25) is 14.5 Å². The molecule has 3 aromatic heterocycles. The van der Waals surface area contributed by atoms with Gasteiger partial charge in [0.2, 0.25) is 5.89 Å². The number of likely N-dealkylation sites (tertiary alicyclic amines) is 1. The number of halogens is 3. The first-order chi connectivity index (χ1) is 20.3. The van der Waals surface area contributed by atoms with E-state index < -0.39 is 18.0 Å². The molecule has 0 spiro atoms. The Morgan fingerprint density at radius 2 is 1.90 bits per heavy atom. The van der Waals surface area contributed by atoms with Gasteiger partial charge >= 0.3 is 6.43 Å². The number of hydrogen-bond donors (Lipinski definition) is 0. The Bertz CT molecular complexity index is 1530. The van der Waals surface area contributed by atoms with Crippen molar-refractivity contribution in [1.29, 1.82) is 0 Å². The molecule has 0 amide bonds. The van der Waals surface area contributed by atoms with Crippen LogP contribution in [0.1, 0.15) is 49.7 Å². The predicted octanol–water partition coefficient (Wildman–Crippen LogP) is 5.99. The van der Waals surface area contributed by atoms with Crippen LogP contribution in [0.4, 0.5) is 18.9 Å². The molecule has 42 heavy (non-hydrogen) atoms. The van der Waals surface area contributed by atoms with Gasteiger partial charge in [0.15, 0.2) is 5.62 Å². The Morgan fingerprint density at radius 1 is 1.12 bits per heavy atom. The lowest BCUT2D eigenvalue weighted by molar-refractivity contribution is 0.116. The molecule has 6 rings (SSSR count). The molecule has 0 N–H and O–H groups in total. The first-order valence-electron chi connectivity index (χ1n) is 13.8. The summed E-state index contributed by atoms with van der Waals surface area (Å²) < 4.78 is 46.7. The van der Waals surface area contributed by atoms with Gasteiger partial charge in [0, 0.05) is 49.5 Å². The van der Waals surface area contributed by atoms with E-state index in [1.54, 1.807) is 12.1 Å². The van der Waals surface area contributed by atoms with Gasteiger partial charge in [-0.05, 0) is 55.5 Å². The van der Waals surface area contributed by atoms with Crippen LogP contribution in [0.2, 0.25) is 0 Å². The van der Waals surface area contributed by atoms with E-state index in [-0.39, 0.29) is 11.9 Å². The first-order valence-corrected chi connectivity index (χ1v) is 14.7. The molecule has 0 atom stereocenters. The van der Waals surface area contributed by atoms with Gasteiger partial charge in [-0.2, -0.15) is 13.9 Å². The van der Waals surface area contributed by atoms with E-state index >= 15 is 0 Å². The summed E-state index contributed by atoms with van der Waals surface area (Å²) in [5.41, 5.74) is 3.81. The highest BCUT2D eigenvalue weighted by Crippen LogP contribution is 2.41. The summed E-state index contributed by atoms with van der Waals surface area (Å²) in [4.78, 5) is 21.0. The number of hydrogen-bond acceptors (Lipinski definition) is 9. The fourth-order valence-electron chi connectivity index (χ4n) is 5.29. The van der Waals surface area contributed by atoms with E-state index in [9.17, 15) is 18.0 Å². The van der Waals surface area contributed by atoms with Crippen LogP contribution in [0.3, 0.4) is 0 Å². The number of pyridine rings is 1. The second-order valence-corrected chi connectivity index (χ2v) is 11.8. The minimum absolute atomic E-state index is 0.0185. The molecule has 2 fully saturated rings. The molecule has 1 aromatic carbocycles. The van der Waals surface area contributed by atoms with Crippen LogP contribution in [0.5, 0.6) is 0 Å². The number of alkyl halides is 3. The Kier molecular flexibility index (Phi) is 8.04. The third kappa shape index (κ3) is 6.36. The standard InChI is InChI=1S/C29H30F3N7O2S/c1-37(16-22-4-2-20(13-33-22)27-35-36-28(41-27)26(30)31)24-5-3-19(12-25(24)42-18-40)21-14-34-39(15-21)23-6-10-38(11-7-23)17-29(32)8-9-29/h2-5,12-15,18,23,26H,6-11,16-17H2,1H3. The van der Waals surface area contributed by atoms with Crippen molar-refractivity contribution in [2.24, 2.45) is 0 Å². The van der Waals surface area contributed by atoms with Crippen LogP contribution >= 0.6 is 11.8 Å². The summed E-state index contributed by atoms with van der Waals surface area (Å²) in [7, 11) is 1.91. The van der Waals surface area contributed by atoms with Gasteiger partial charge in [-0.25, -0.2) is 4.39 Å². The minimum atomic E-state index is -2.83. The highest BCUT2D eigenvalue weighted by atomic mass is 32.2. The smallest absolute Gasteiger partial charge is 0.314 e. The molecule has 0 radical (unpaired) electrons. The Balaban J connectivity index is 1.11. The van der Waals surface area contributed by atoms with Gasteiger partial charge in [-0.1, -0.05) is 17.8 Å². The van der Waals surface area contributed by atoms with Crippen molar-refractivity contribution in [3.63, 3.8) is 0 Å². The minimum Gasteiger partial charge on any atom is -0.415 e. The molecule has 4 aromatic rings. The van der Waals surface area contributed by atoms with Gasteiger partial charge in [-0.15, -0.1) is 10.2 Å². The van der Waals surface area contributed by atoms with Crippen LogP contribution in [0, 0.1) is 0 Å². The summed E-state index contributed by atoms with van der Waals surface area (Å²) in [6.45, 7) is 2.74. The fraction of sp³-hybridized carbons (Fsp3) is 0.414. The lowest BCUT2D eigenvalue weighted by atomic mass is 10.0. The van der Waals surface area contributed by atoms with Gasteiger partial charge < -0.3 is 14.2 Å².